The molecule has 4 aromatic rings. The lowest BCUT2D eigenvalue weighted by Crippen LogP contribution is -2.53. The van der Waals surface area contributed by atoms with Crippen molar-refractivity contribution in [3.05, 3.63) is 123 Å². The number of unbranched alkanes of at least 4 members (excludes halogenated alkanes) is 1. The Bertz CT molecular complexity index is 1800. The summed E-state index contributed by atoms with van der Waals surface area (Å²) < 4.78 is 35.4. The summed E-state index contributed by atoms with van der Waals surface area (Å²) in [5.74, 6) is -0.732. The number of sulfonamides is 1. The van der Waals surface area contributed by atoms with E-state index in [0.717, 1.165) is 33.8 Å². The molecule has 0 spiro atoms. The molecule has 0 aliphatic rings. The minimum Gasteiger partial charge on any atom is -0.495 e. The Balaban J connectivity index is 1.87. The zero-order valence-corrected chi connectivity index (χ0v) is 29.9. The summed E-state index contributed by atoms with van der Waals surface area (Å²) in [7, 11) is -2.87. The number of rotatable bonds is 15. The second-order valence-electron chi connectivity index (χ2n) is 11.6. The van der Waals surface area contributed by atoms with Gasteiger partial charge in [0.25, 0.3) is 10.0 Å². The molecule has 0 fully saturated rings. The van der Waals surface area contributed by atoms with Crippen molar-refractivity contribution in [3.8, 4) is 5.75 Å². The van der Waals surface area contributed by atoms with Gasteiger partial charge in [-0.15, -0.1) is 0 Å². The number of ether oxygens (including phenoxy) is 1. The number of anilines is 1. The van der Waals surface area contributed by atoms with Crippen LogP contribution in [-0.2, 0) is 32.6 Å². The van der Waals surface area contributed by atoms with E-state index in [9.17, 15) is 18.0 Å². The number of hydrogen-bond acceptors (Lipinski definition) is 5. The van der Waals surface area contributed by atoms with Crippen LogP contribution in [0.15, 0.2) is 95.9 Å². The molecule has 4 rings (SSSR count). The Morgan fingerprint density at radius 3 is 2.15 bits per heavy atom. The van der Waals surface area contributed by atoms with Gasteiger partial charge in [-0.1, -0.05) is 96.7 Å². The highest BCUT2D eigenvalue weighted by atomic mass is 35.5. The highest BCUT2D eigenvalue weighted by Gasteiger charge is 2.36. The standard InChI is InChI=1S/C37H41Cl2N3O5S/c1-5-6-21-40-37(44)34(23-28-11-8-7-9-12-28)41(24-30-31(38)13-10-14-32(30)39)36(43)25-42(33-22-27(3)17-20-35(33)47-4)48(45,46)29-18-15-26(2)16-19-29/h7-20,22,34H,5-6,21,23-25H2,1-4H3,(H,40,44). The van der Waals surface area contributed by atoms with Crippen molar-refractivity contribution in [3.63, 3.8) is 0 Å². The van der Waals surface area contributed by atoms with Gasteiger partial charge in [-0.25, -0.2) is 8.42 Å². The lowest BCUT2D eigenvalue weighted by molar-refractivity contribution is -0.140. The molecule has 1 N–H and O–H groups in total. The van der Waals surface area contributed by atoms with Crippen LogP contribution in [0.25, 0.3) is 0 Å². The normalized spacial score (nSPS) is 11.9. The minimum absolute atomic E-state index is 0.00306. The molecule has 254 valence electrons. The first-order valence-corrected chi connectivity index (χ1v) is 17.9. The van der Waals surface area contributed by atoms with E-state index in [2.05, 4.69) is 5.32 Å². The van der Waals surface area contributed by atoms with Crippen LogP contribution in [0.2, 0.25) is 10.0 Å². The van der Waals surface area contributed by atoms with Crippen molar-refractivity contribution < 1.29 is 22.7 Å². The largest absolute Gasteiger partial charge is 0.495 e. The first-order chi connectivity index (χ1) is 23.0. The molecule has 11 heteroatoms. The maximum atomic E-state index is 14.7. The molecule has 0 heterocycles. The highest BCUT2D eigenvalue weighted by Crippen LogP contribution is 2.34. The van der Waals surface area contributed by atoms with E-state index in [1.807, 2.05) is 51.1 Å². The number of nitrogens with one attached hydrogen (secondary N) is 1. The Morgan fingerprint density at radius 1 is 0.875 bits per heavy atom. The van der Waals surface area contributed by atoms with Crippen LogP contribution in [0.1, 0.15) is 42.0 Å². The van der Waals surface area contributed by atoms with Gasteiger partial charge in [-0.05, 0) is 67.8 Å². The Hall–Kier alpha value is -4.05. The SMILES string of the molecule is CCCCNC(=O)C(Cc1ccccc1)N(Cc1c(Cl)cccc1Cl)C(=O)CN(c1cc(C)ccc1OC)S(=O)(=O)c1ccc(C)cc1. The van der Waals surface area contributed by atoms with Crippen molar-refractivity contribution in [2.24, 2.45) is 0 Å². The van der Waals surface area contributed by atoms with E-state index in [1.54, 1.807) is 48.5 Å². The monoisotopic (exact) mass is 709 g/mol. The maximum Gasteiger partial charge on any atom is 0.264 e. The third-order valence-corrected chi connectivity index (χ3v) is 10.5. The fourth-order valence-electron chi connectivity index (χ4n) is 5.26. The molecule has 0 aliphatic heterocycles. The summed E-state index contributed by atoms with van der Waals surface area (Å²) >= 11 is 13.2. The zero-order chi connectivity index (χ0) is 34.8. The third-order valence-electron chi connectivity index (χ3n) is 7.98. The molecular weight excluding hydrogens is 669 g/mol. The minimum atomic E-state index is -4.31. The predicted molar refractivity (Wildman–Crippen MR) is 192 cm³/mol. The molecule has 0 aliphatic carbocycles. The first kappa shape index (κ1) is 36.8. The molecule has 1 atom stereocenters. The number of amides is 2. The van der Waals surface area contributed by atoms with Gasteiger partial charge in [-0.3, -0.25) is 13.9 Å². The van der Waals surface area contributed by atoms with Crippen molar-refractivity contribution in [2.45, 2.75) is 57.5 Å². The van der Waals surface area contributed by atoms with Crippen LogP contribution < -0.4 is 14.4 Å². The molecule has 0 bridgehead atoms. The molecule has 0 saturated carbocycles. The summed E-state index contributed by atoms with van der Waals surface area (Å²) in [6, 6.07) is 24.9. The smallest absolute Gasteiger partial charge is 0.264 e. The number of halogens is 2. The van der Waals surface area contributed by atoms with Crippen LogP contribution in [0.4, 0.5) is 5.69 Å². The molecular formula is C37H41Cl2N3O5S. The van der Waals surface area contributed by atoms with Crippen LogP contribution in [-0.4, -0.2) is 51.4 Å². The van der Waals surface area contributed by atoms with Gasteiger partial charge in [0.1, 0.15) is 18.3 Å². The Morgan fingerprint density at radius 2 is 1.52 bits per heavy atom. The number of hydrogen-bond donors (Lipinski definition) is 1. The summed E-state index contributed by atoms with van der Waals surface area (Å²) in [5, 5.41) is 3.60. The first-order valence-electron chi connectivity index (χ1n) is 15.7. The molecule has 4 aromatic carbocycles. The van der Waals surface area contributed by atoms with E-state index in [1.165, 1.54) is 24.1 Å². The van der Waals surface area contributed by atoms with E-state index in [0.29, 0.717) is 22.2 Å². The van der Waals surface area contributed by atoms with Gasteiger partial charge in [0, 0.05) is 35.1 Å². The number of carbonyl (C=O) groups is 2. The molecule has 48 heavy (non-hydrogen) atoms. The van der Waals surface area contributed by atoms with Crippen LogP contribution in [0.5, 0.6) is 5.75 Å². The zero-order valence-electron chi connectivity index (χ0n) is 27.6. The van der Waals surface area contributed by atoms with Gasteiger partial charge < -0.3 is 15.0 Å². The average Bonchev–Trinajstić information content (AvgIpc) is 3.07. The summed E-state index contributed by atoms with van der Waals surface area (Å²) in [5.41, 5.74) is 3.09. The third kappa shape index (κ3) is 9.09. The molecule has 0 saturated heterocycles. The molecule has 0 radical (unpaired) electrons. The fourth-order valence-corrected chi connectivity index (χ4v) is 7.19. The van der Waals surface area contributed by atoms with Crippen LogP contribution >= 0.6 is 23.2 Å². The second kappa shape index (κ2) is 16.9. The second-order valence-corrected chi connectivity index (χ2v) is 14.2. The van der Waals surface area contributed by atoms with E-state index in [4.69, 9.17) is 27.9 Å². The van der Waals surface area contributed by atoms with E-state index >= 15 is 0 Å². The van der Waals surface area contributed by atoms with Crippen molar-refractivity contribution in [2.75, 3.05) is 24.5 Å². The van der Waals surface area contributed by atoms with Gasteiger partial charge in [0.2, 0.25) is 11.8 Å². The van der Waals surface area contributed by atoms with Crippen LogP contribution in [0.3, 0.4) is 0 Å². The molecule has 8 nitrogen and oxygen atoms in total. The topological polar surface area (TPSA) is 96.0 Å². The lowest BCUT2D eigenvalue weighted by atomic mass is 10.0. The fraction of sp³-hybridized carbons (Fsp3) is 0.297. The summed E-state index contributed by atoms with van der Waals surface area (Å²) in [6.45, 7) is 5.35. The highest BCUT2D eigenvalue weighted by molar-refractivity contribution is 7.92. The number of benzene rings is 4. The average molecular weight is 711 g/mol. The summed E-state index contributed by atoms with van der Waals surface area (Å²) in [6.07, 6.45) is 1.79. The molecule has 1 unspecified atom stereocenters. The predicted octanol–water partition coefficient (Wildman–Crippen LogP) is 7.37. The van der Waals surface area contributed by atoms with E-state index < -0.39 is 28.5 Å². The van der Waals surface area contributed by atoms with Gasteiger partial charge >= 0.3 is 0 Å². The van der Waals surface area contributed by atoms with Crippen LogP contribution in [0, 0.1) is 13.8 Å². The quantitative estimate of drug-likeness (QED) is 0.130. The Labute approximate surface area is 293 Å². The van der Waals surface area contributed by atoms with Gasteiger partial charge in [-0.2, -0.15) is 0 Å². The van der Waals surface area contributed by atoms with Crippen molar-refractivity contribution >= 4 is 50.7 Å². The number of aryl methyl sites for hydroxylation is 2. The van der Waals surface area contributed by atoms with Crippen molar-refractivity contribution in [1.82, 2.24) is 10.2 Å². The van der Waals surface area contributed by atoms with Gasteiger partial charge in [0.15, 0.2) is 0 Å². The van der Waals surface area contributed by atoms with E-state index in [-0.39, 0.29) is 35.2 Å². The maximum absolute atomic E-state index is 14.7. The number of carbonyl (C=O) groups excluding carboxylic acids is 2. The molecule has 0 aromatic heterocycles. The summed E-state index contributed by atoms with van der Waals surface area (Å²) in [4.78, 5) is 30.1. The number of nitrogens with zero attached hydrogens (tertiary/aromatic N) is 2. The van der Waals surface area contributed by atoms with Gasteiger partial charge in [0.05, 0.1) is 17.7 Å². The lowest BCUT2D eigenvalue weighted by Gasteiger charge is -2.34. The number of methoxy groups -OCH3 is 1. The van der Waals surface area contributed by atoms with Crippen molar-refractivity contribution in [1.29, 1.82) is 0 Å². The molecule has 2 amide bonds. The Kier molecular flexibility index (Phi) is 12.9.